The Labute approximate surface area is 188 Å². The zero-order chi connectivity index (χ0) is 22.3. The predicted molar refractivity (Wildman–Crippen MR) is 120 cm³/mol. The summed E-state index contributed by atoms with van der Waals surface area (Å²) in [5.41, 5.74) is 0. The minimum absolute atomic E-state index is 0.0144. The fourth-order valence-corrected chi connectivity index (χ4v) is 4.44. The first kappa shape index (κ1) is 25.8. The van der Waals surface area contributed by atoms with Crippen LogP contribution >= 0.6 is 0 Å². The number of unbranched alkanes of at least 4 members (excludes halogenated alkanes) is 5. The molecule has 0 aromatic rings. The van der Waals surface area contributed by atoms with E-state index in [4.69, 9.17) is 18.9 Å². The summed E-state index contributed by atoms with van der Waals surface area (Å²) < 4.78 is 21.5. The number of ether oxygens (including phenoxy) is 4. The van der Waals surface area contributed by atoms with Gasteiger partial charge in [-0.05, 0) is 63.7 Å². The molecule has 6 heteroatoms. The van der Waals surface area contributed by atoms with Gasteiger partial charge in [-0.2, -0.15) is 0 Å². The molecular weight excluding hydrogens is 396 g/mol. The molecule has 2 aliphatic rings. The Bertz CT molecular complexity index is 492. The van der Waals surface area contributed by atoms with Crippen LogP contribution in [0.2, 0.25) is 0 Å². The fourth-order valence-electron chi connectivity index (χ4n) is 4.44. The van der Waals surface area contributed by atoms with Crippen molar-refractivity contribution in [3.63, 3.8) is 0 Å². The Morgan fingerprint density at radius 3 is 1.71 bits per heavy atom. The summed E-state index contributed by atoms with van der Waals surface area (Å²) in [5.74, 6) is 0.796. The Morgan fingerprint density at radius 2 is 1.13 bits per heavy atom. The van der Waals surface area contributed by atoms with Gasteiger partial charge in [0.1, 0.15) is 18.3 Å². The average Bonchev–Trinajstić information content (AvgIpc) is 2.74. The number of rotatable bonds is 12. The van der Waals surface area contributed by atoms with Crippen molar-refractivity contribution >= 4 is 12.3 Å². The van der Waals surface area contributed by atoms with Crippen molar-refractivity contribution in [2.24, 2.45) is 5.92 Å². The van der Waals surface area contributed by atoms with E-state index in [9.17, 15) is 9.59 Å². The SMILES string of the molecule is CC(C)CCCCCCCCOC(=O)OC1CCC(OC(=O)OC2CCCCC2)CC1. The van der Waals surface area contributed by atoms with E-state index in [1.807, 2.05) is 0 Å². The van der Waals surface area contributed by atoms with Gasteiger partial charge in [-0.25, -0.2) is 9.59 Å². The second kappa shape index (κ2) is 15.4. The highest BCUT2D eigenvalue weighted by molar-refractivity contribution is 5.60. The average molecular weight is 441 g/mol. The van der Waals surface area contributed by atoms with Gasteiger partial charge in [0.2, 0.25) is 0 Å². The van der Waals surface area contributed by atoms with Gasteiger partial charge in [0, 0.05) is 0 Å². The Morgan fingerprint density at radius 1 is 0.645 bits per heavy atom. The molecule has 0 aromatic carbocycles. The monoisotopic (exact) mass is 440 g/mol. The van der Waals surface area contributed by atoms with Gasteiger partial charge < -0.3 is 18.9 Å². The van der Waals surface area contributed by atoms with Crippen LogP contribution in [0.25, 0.3) is 0 Å². The summed E-state index contributed by atoms with van der Waals surface area (Å²) in [6, 6.07) is 0. The van der Waals surface area contributed by atoms with E-state index in [2.05, 4.69) is 13.8 Å². The molecule has 31 heavy (non-hydrogen) atoms. The van der Waals surface area contributed by atoms with Gasteiger partial charge in [0.05, 0.1) is 6.61 Å². The lowest BCUT2D eigenvalue weighted by Crippen LogP contribution is -2.31. The minimum atomic E-state index is -0.571. The van der Waals surface area contributed by atoms with Crippen molar-refractivity contribution < 1.29 is 28.5 Å². The van der Waals surface area contributed by atoms with Gasteiger partial charge in [0.25, 0.3) is 0 Å². The van der Waals surface area contributed by atoms with Crippen molar-refractivity contribution in [2.75, 3.05) is 6.61 Å². The van der Waals surface area contributed by atoms with Crippen LogP contribution in [0.1, 0.15) is 117 Å². The molecule has 2 aliphatic carbocycles. The normalized spacial score (nSPS) is 22.2. The first-order valence-corrected chi connectivity index (χ1v) is 12.7. The molecule has 6 nitrogen and oxygen atoms in total. The Hall–Kier alpha value is -1.46. The second-order valence-electron chi connectivity index (χ2n) is 9.66. The number of hydrogen-bond donors (Lipinski definition) is 0. The highest BCUT2D eigenvalue weighted by atomic mass is 16.7. The van der Waals surface area contributed by atoms with Gasteiger partial charge in [0.15, 0.2) is 0 Å². The van der Waals surface area contributed by atoms with E-state index in [1.165, 1.54) is 38.5 Å². The molecular formula is C25H44O6. The third-order valence-corrected chi connectivity index (χ3v) is 6.36. The molecule has 0 amide bonds. The van der Waals surface area contributed by atoms with E-state index < -0.39 is 12.3 Å². The first-order chi connectivity index (χ1) is 15.0. The maximum absolute atomic E-state index is 12.0. The lowest BCUT2D eigenvalue weighted by atomic mass is 9.95. The molecule has 0 radical (unpaired) electrons. The van der Waals surface area contributed by atoms with Crippen LogP contribution in [0.3, 0.4) is 0 Å². The standard InChI is InChI=1S/C25H44O6/c1-20(2)12-8-5-3-4-6-11-19-28-24(26)29-22-15-17-23(18-16-22)31-25(27)30-21-13-9-7-10-14-21/h20-23H,3-19H2,1-2H3. The summed E-state index contributed by atoms with van der Waals surface area (Å²) in [6.45, 7) is 4.96. The maximum atomic E-state index is 12.0. The van der Waals surface area contributed by atoms with Crippen LogP contribution in [-0.2, 0) is 18.9 Å². The summed E-state index contributed by atoms with van der Waals surface area (Å²) in [7, 11) is 0. The first-order valence-electron chi connectivity index (χ1n) is 12.7. The van der Waals surface area contributed by atoms with Gasteiger partial charge in [-0.3, -0.25) is 0 Å². The summed E-state index contributed by atoms with van der Waals surface area (Å²) in [5, 5.41) is 0. The molecule has 0 heterocycles. The summed E-state index contributed by atoms with van der Waals surface area (Å²) in [4.78, 5) is 23.8. The largest absolute Gasteiger partial charge is 0.508 e. The van der Waals surface area contributed by atoms with Gasteiger partial charge >= 0.3 is 12.3 Å². The van der Waals surface area contributed by atoms with Crippen LogP contribution in [0.4, 0.5) is 9.59 Å². The molecule has 0 aromatic heterocycles. The topological polar surface area (TPSA) is 71.1 Å². The van der Waals surface area contributed by atoms with Crippen molar-refractivity contribution in [3.8, 4) is 0 Å². The predicted octanol–water partition coefficient (Wildman–Crippen LogP) is 7.32. The van der Waals surface area contributed by atoms with E-state index in [1.54, 1.807) is 0 Å². The van der Waals surface area contributed by atoms with E-state index in [-0.39, 0.29) is 18.3 Å². The van der Waals surface area contributed by atoms with Gasteiger partial charge in [-0.15, -0.1) is 0 Å². The van der Waals surface area contributed by atoms with Crippen molar-refractivity contribution in [3.05, 3.63) is 0 Å². The lowest BCUT2D eigenvalue weighted by Gasteiger charge is -2.28. The van der Waals surface area contributed by atoms with Crippen LogP contribution in [0, 0.1) is 5.92 Å². The molecule has 0 spiro atoms. The number of hydrogen-bond acceptors (Lipinski definition) is 6. The molecule has 2 rings (SSSR count). The van der Waals surface area contributed by atoms with E-state index in [0.29, 0.717) is 32.3 Å². The minimum Gasteiger partial charge on any atom is -0.434 e. The third-order valence-electron chi connectivity index (χ3n) is 6.36. The van der Waals surface area contributed by atoms with E-state index >= 15 is 0 Å². The van der Waals surface area contributed by atoms with Crippen LogP contribution < -0.4 is 0 Å². The highest BCUT2D eigenvalue weighted by Gasteiger charge is 2.28. The van der Waals surface area contributed by atoms with E-state index in [0.717, 1.165) is 44.4 Å². The molecule has 0 bridgehead atoms. The Kier molecular flexibility index (Phi) is 12.8. The van der Waals surface area contributed by atoms with Crippen molar-refractivity contribution in [2.45, 2.75) is 135 Å². The van der Waals surface area contributed by atoms with Crippen LogP contribution in [-0.4, -0.2) is 37.2 Å². The molecule has 2 fully saturated rings. The van der Waals surface area contributed by atoms with Crippen molar-refractivity contribution in [1.29, 1.82) is 0 Å². The third kappa shape index (κ3) is 12.2. The Balaban J connectivity index is 1.44. The molecule has 0 N–H and O–H groups in total. The zero-order valence-electron chi connectivity index (χ0n) is 19.8. The zero-order valence-corrected chi connectivity index (χ0v) is 19.8. The molecule has 0 unspecified atom stereocenters. The van der Waals surface area contributed by atoms with Crippen LogP contribution in [0.5, 0.6) is 0 Å². The fraction of sp³-hybridized carbons (Fsp3) is 0.920. The quantitative estimate of drug-likeness (QED) is 0.234. The van der Waals surface area contributed by atoms with Gasteiger partial charge in [-0.1, -0.05) is 58.8 Å². The lowest BCUT2D eigenvalue weighted by molar-refractivity contribution is -0.0401. The highest BCUT2D eigenvalue weighted by Crippen LogP contribution is 2.26. The smallest absolute Gasteiger partial charge is 0.434 e. The molecule has 0 atom stereocenters. The maximum Gasteiger partial charge on any atom is 0.508 e. The molecule has 180 valence electrons. The number of carbonyl (C=O) groups is 2. The number of carbonyl (C=O) groups excluding carboxylic acids is 2. The second-order valence-corrected chi connectivity index (χ2v) is 9.66. The molecule has 2 saturated carbocycles. The summed E-state index contributed by atoms with van der Waals surface area (Å²) >= 11 is 0. The van der Waals surface area contributed by atoms with Crippen LogP contribution in [0.15, 0.2) is 0 Å². The molecule has 0 aliphatic heterocycles. The van der Waals surface area contributed by atoms with Crippen molar-refractivity contribution in [1.82, 2.24) is 0 Å². The molecule has 0 saturated heterocycles. The summed E-state index contributed by atoms with van der Waals surface area (Å²) in [6.07, 6.45) is 15.1.